The Morgan fingerprint density at radius 2 is 1.95 bits per heavy atom. The van der Waals surface area contributed by atoms with E-state index in [9.17, 15) is 9.18 Å². The molecule has 1 amide bonds. The highest BCUT2D eigenvalue weighted by Gasteiger charge is 2.47. The molecule has 2 fully saturated rings. The van der Waals surface area contributed by atoms with E-state index in [-0.39, 0.29) is 29.3 Å². The maximum atomic E-state index is 13.1. The Morgan fingerprint density at radius 3 is 2.52 bits per heavy atom. The summed E-state index contributed by atoms with van der Waals surface area (Å²) in [7, 11) is 0. The highest BCUT2D eigenvalue weighted by Crippen LogP contribution is 2.46. The zero-order chi connectivity index (χ0) is 15.0. The maximum Gasteiger partial charge on any atom is 0.239 e. The average molecular weight is 290 g/mol. The van der Waals surface area contributed by atoms with E-state index in [1.165, 1.54) is 12.1 Å². The fraction of sp³-hybridized carbons (Fsp3) is 0.588. The van der Waals surface area contributed by atoms with Gasteiger partial charge in [0.05, 0.1) is 6.04 Å². The molecule has 1 heterocycles. The molecule has 2 aliphatic rings. The third-order valence-corrected chi connectivity index (χ3v) is 4.69. The van der Waals surface area contributed by atoms with Gasteiger partial charge in [-0.15, -0.1) is 0 Å². The molecule has 1 saturated heterocycles. The Balaban J connectivity index is 1.73. The number of benzene rings is 1. The summed E-state index contributed by atoms with van der Waals surface area (Å²) in [4.78, 5) is 14.5. The molecule has 114 valence electrons. The Kier molecular flexibility index (Phi) is 3.74. The maximum absolute atomic E-state index is 13.1. The topological polar surface area (TPSA) is 32.3 Å². The summed E-state index contributed by atoms with van der Waals surface area (Å²) in [5.41, 5.74) is 0.979. The van der Waals surface area contributed by atoms with Gasteiger partial charge in [0, 0.05) is 18.1 Å². The van der Waals surface area contributed by atoms with Crippen molar-refractivity contribution < 1.29 is 9.18 Å². The third kappa shape index (κ3) is 2.82. The lowest BCUT2D eigenvalue weighted by atomic mass is 9.98. The number of carbonyl (C=O) groups excluding carboxylic acids is 1. The molecular weight excluding hydrogens is 267 g/mol. The Hall–Kier alpha value is -1.42. The van der Waals surface area contributed by atoms with Crippen molar-refractivity contribution in [2.75, 3.05) is 6.54 Å². The number of carbonyl (C=O) groups is 1. The van der Waals surface area contributed by atoms with E-state index in [0.717, 1.165) is 37.8 Å². The summed E-state index contributed by atoms with van der Waals surface area (Å²) < 4.78 is 13.1. The largest absolute Gasteiger partial charge is 0.339 e. The summed E-state index contributed by atoms with van der Waals surface area (Å²) in [6, 6.07) is 6.82. The third-order valence-electron chi connectivity index (χ3n) is 4.69. The molecule has 1 N–H and O–H groups in total. The van der Waals surface area contributed by atoms with Crippen molar-refractivity contribution in [2.24, 2.45) is 0 Å². The molecule has 1 aliphatic heterocycles. The minimum atomic E-state index is -0.214. The van der Waals surface area contributed by atoms with Gasteiger partial charge in [-0.2, -0.15) is 0 Å². The van der Waals surface area contributed by atoms with Crippen molar-refractivity contribution in [3.8, 4) is 0 Å². The fourth-order valence-electron chi connectivity index (χ4n) is 3.29. The Morgan fingerprint density at radius 1 is 1.29 bits per heavy atom. The summed E-state index contributed by atoms with van der Waals surface area (Å²) in [6.07, 6.45) is 3.97. The first kappa shape index (κ1) is 14.5. The van der Waals surface area contributed by atoms with Gasteiger partial charge in [-0.25, -0.2) is 4.39 Å². The lowest BCUT2D eigenvalue weighted by Crippen LogP contribution is -2.55. The number of hydrogen-bond donors (Lipinski definition) is 1. The Bertz CT molecular complexity index is 522. The van der Waals surface area contributed by atoms with Crippen LogP contribution >= 0.6 is 0 Å². The van der Waals surface area contributed by atoms with E-state index in [1.807, 2.05) is 17.0 Å². The van der Waals surface area contributed by atoms with Crippen molar-refractivity contribution in [2.45, 2.75) is 57.2 Å². The molecular formula is C17H23FN2O. The standard InChI is InChI=1S/C17H23FN2O/c1-12(2)20-11-3-4-15(16(20)21)19-17(9-10-17)13-5-7-14(18)8-6-13/h5-8,12,15,19H,3-4,9-11H2,1-2H3. The van der Waals surface area contributed by atoms with Crippen LogP contribution in [-0.2, 0) is 10.3 Å². The second-order valence-electron chi connectivity index (χ2n) is 6.55. The highest BCUT2D eigenvalue weighted by atomic mass is 19.1. The van der Waals surface area contributed by atoms with Crippen LogP contribution in [0.3, 0.4) is 0 Å². The molecule has 3 rings (SSSR count). The van der Waals surface area contributed by atoms with E-state index < -0.39 is 0 Å². The van der Waals surface area contributed by atoms with Gasteiger partial charge in [-0.1, -0.05) is 12.1 Å². The number of amides is 1. The number of nitrogens with zero attached hydrogens (tertiary/aromatic N) is 1. The molecule has 1 saturated carbocycles. The molecule has 3 nitrogen and oxygen atoms in total. The van der Waals surface area contributed by atoms with Crippen LogP contribution in [0.1, 0.15) is 45.1 Å². The minimum Gasteiger partial charge on any atom is -0.339 e. The fourth-order valence-corrected chi connectivity index (χ4v) is 3.29. The second-order valence-corrected chi connectivity index (χ2v) is 6.55. The second kappa shape index (κ2) is 5.41. The monoisotopic (exact) mass is 290 g/mol. The molecule has 1 aliphatic carbocycles. The molecule has 21 heavy (non-hydrogen) atoms. The first-order chi connectivity index (χ1) is 10.0. The van der Waals surface area contributed by atoms with Crippen LogP contribution in [0.15, 0.2) is 24.3 Å². The van der Waals surface area contributed by atoms with Gasteiger partial charge in [0.25, 0.3) is 0 Å². The number of piperidine rings is 1. The molecule has 0 bridgehead atoms. The van der Waals surface area contributed by atoms with E-state index in [0.29, 0.717) is 0 Å². The van der Waals surface area contributed by atoms with Crippen molar-refractivity contribution >= 4 is 5.91 Å². The van der Waals surface area contributed by atoms with E-state index in [1.54, 1.807) is 0 Å². The average Bonchev–Trinajstić information content (AvgIpc) is 3.22. The molecule has 0 spiro atoms. The van der Waals surface area contributed by atoms with Gasteiger partial charge in [-0.05, 0) is 57.2 Å². The van der Waals surface area contributed by atoms with Gasteiger partial charge in [0.1, 0.15) is 5.82 Å². The lowest BCUT2D eigenvalue weighted by molar-refractivity contribution is -0.138. The van der Waals surface area contributed by atoms with E-state index in [2.05, 4.69) is 19.2 Å². The molecule has 1 aromatic carbocycles. The predicted molar refractivity (Wildman–Crippen MR) is 80.3 cm³/mol. The van der Waals surface area contributed by atoms with Crippen LogP contribution in [0.5, 0.6) is 0 Å². The van der Waals surface area contributed by atoms with Crippen molar-refractivity contribution in [1.82, 2.24) is 10.2 Å². The van der Waals surface area contributed by atoms with Gasteiger partial charge in [-0.3, -0.25) is 10.1 Å². The Labute approximate surface area is 125 Å². The minimum absolute atomic E-state index is 0.103. The zero-order valence-corrected chi connectivity index (χ0v) is 12.7. The number of rotatable bonds is 4. The summed E-state index contributed by atoms with van der Waals surface area (Å²) in [6.45, 7) is 4.98. The lowest BCUT2D eigenvalue weighted by Gasteiger charge is -2.37. The van der Waals surface area contributed by atoms with E-state index >= 15 is 0 Å². The summed E-state index contributed by atoms with van der Waals surface area (Å²) >= 11 is 0. The SMILES string of the molecule is CC(C)N1CCCC(NC2(c3ccc(F)cc3)CC2)C1=O. The number of halogens is 1. The summed E-state index contributed by atoms with van der Waals surface area (Å²) in [5, 5.41) is 3.56. The first-order valence-electron chi connectivity index (χ1n) is 7.86. The molecule has 4 heteroatoms. The van der Waals surface area contributed by atoms with Crippen molar-refractivity contribution in [3.63, 3.8) is 0 Å². The van der Waals surface area contributed by atoms with Gasteiger partial charge in [0.15, 0.2) is 0 Å². The number of nitrogens with one attached hydrogen (secondary N) is 1. The molecule has 0 aromatic heterocycles. The molecule has 0 radical (unpaired) electrons. The van der Waals surface area contributed by atoms with Crippen LogP contribution < -0.4 is 5.32 Å². The van der Waals surface area contributed by atoms with Gasteiger partial charge >= 0.3 is 0 Å². The van der Waals surface area contributed by atoms with Gasteiger partial charge in [0.2, 0.25) is 5.91 Å². The highest BCUT2D eigenvalue weighted by molar-refractivity contribution is 5.83. The van der Waals surface area contributed by atoms with Crippen LogP contribution in [0.25, 0.3) is 0 Å². The quantitative estimate of drug-likeness (QED) is 0.925. The first-order valence-corrected chi connectivity index (χ1v) is 7.86. The number of hydrogen-bond acceptors (Lipinski definition) is 2. The molecule has 1 atom stereocenters. The van der Waals surface area contributed by atoms with Crippen LogP contribution in [0.2, 0.25) is 0 Å². The zero-order valence-electron chi connectivity index (χ0n) is 12.7. The van der Waals surface area contributed by atoms with Crippen LogP contribution in [0.4, 0.5) is 4.39 Å². The van der Waals surface area contributed by atoms with Crippen molar-refractivity contribution in [1.29, 1.82) is 0 Å². The number of likely N-dealkylation sites (tertiary alicyclic amines) is 1. The van der Waals surface area contributed by atoms with Gasteiger partial charge < -0.3 is 4.90 Å². The van der Waals surface area contributed by atoms with Crippen molar-refractivity contribution in [3.05, 3.63) is 35.6 Å². The smallest absolute Gasteiger partial charge is 0.239 e. The normalized spacial score (nSPS) is 24.5. The summed E-state index contributed by atoms with van der Waals surface area (Å²) in [5.74, 6) is -0.00101. The van der Waals surface area contributed by atoms with E-state index in [4.69, 9.17) is 0 Å². The molecule has 1 aromatic rings. The molecule has 1 unspecified atom stereocenters. The van der Waals surface area contributed by atoms with Crippen LogP contribution in [-0.4, -0.2) is 29.4 Å². The predicted octanol–water partition coefficient (Wildman–Crippen LogP) is 2.80. The van der Waals surface area contributed by atoms with Crippen LogP contribution in [0, 0.1) is 5.82 Å².